The van der Waals surface area contributed by atoms with Gasteiger partial charge in [0.2, 0.25) is 10.0 Å². The van der Waals surface area contributed by atoms with E-state index in [2.05, 4.69) is 4.72 Å². The van der Waals surface area contributed by atoms with Crippen LogP contribution in [0.25, 0.3) is 0 Å². The molecule has 1 aliphatic rings. The molecule has 118 valence electrons. The lowest BCUT2D eigenvalue weighted by atomic mass is 9.86. The second kappa shape index (κ2) is 6.29. The molecule has 0 aromatic heterocycles. The van der Waals surface area contributed by atoms with Gasteiger partial charge >= 0.3 is 0 Å². The molecule has 0 radical (unpaired) electrons. The average molecular weight is 316 g/mol. The summed E-state index contributed by atoms with van der Waals surface area (Å²) in [4.78, 5) is -0.176. The molecule has 0 heterocycles. The van der Waals surface area contributed by atoms with Gasteiger partial charge in [0.05, 0.1) is 4.90 Å². The summed E-state index contributed by atoms with van der Waals surface area (Å²) in [5, 5.41) is 9.34. The van der Waals surface area contributed by atoms with Crippen molar-refractivity contribution in [2.75, 3.05) is 12.3 Å². The van der Waals surface area contributed by atoms with E-state index in [1.165, 1.54) is 13.0 Å². The Balaban J connectivity index is 2.26. The molecule has 0 amide bonds. The van der Waals surface area contributed by atoms with Crippen molar-refractivity contribution >= 4 is 15.7 Å². The van der Waals surface area contributed by atoms with Gasteiger partial charge in [0.25, 0.3) is 0 Å². The fourth-order valence-corrected chi connectivity index (χ4v) is 4.06. The molecular formula is C14H21FN2O3S. The van der Waals surface area contributed by atoms with Crippen molar-refractivity contribution < 1.29 is 17.9 Å². The second-order valence-electron chi connectivity index (χ2n) is 5.57. The molecule has 0 saturated heterocycles. The molecule has 1 aliphatic carbocycles. The Bertz CT molecular complexity index is 596. The van der Waals surface area contributed by atoms with Gasteiger partial charge in [0, 0.05) is 23.9 Å². The van der Waals surface area contributed by atoms with Gasteiger partial charge in [-0.2, -0.15) is 0 Å². The number of hydrogen-bond donors (Lipinski definition) is 3. The lowest BCUT2D eigenvalue weighted by Gasteiger charge is -2.30. The predicted molar refractivity (Wildman–Crippen MR) is 78.7 cm³/mol. The van der Waals surface area contributed by atoms with Gasteiger partial charge in [-0.05, 0) is 37.8 Å². The van der Waals surface area contributed by atoms with Crippen LogP contribution < -0.4 is 10.5 Å². The number of anilines is 1. The minimum Gasteiger partial charge on any atom is -0.398 e. The van der Waals surface area contributed by atoms with Gasteiger partial charge in [0.15, 0.2) is 0 Å². The first-order valence-electron chi connectivity index (χ1n) is 7.04. The minimum absolute atomic E-state index is 0.0580. The highest BCUT2D eigenvalue weighted by Crippen LogP contribution is 2.27. The van der Waals surface area contributed by atoms with Crippen LogP contribution in [-0.2, 0) is 10.0 Å². The summed E-state index contributed by atoms with van der Waals surface area (Å²) < 4.78 is 41.0. The van der Waals surface area contributed by atoms with Gasteiger partial charge in [-0.3, -0.25) is 0 Å². The smallest absolute Gasteiger partial charge is 0.241 e. The van der Waals surface area contributed by atoms with Crippen molar-refractivity contribution in [3.63, 3.8) is 0 Å². The number of nitrogens with two attached hydrogens (primary N) is 1. The maximum Gasteiger partial charge on any atom is 0.241 e. The van der Waals surface area contributed by atoms with Crippen molar-refractivity contribution in [1.29, 1.82) is 0 Å². The fourth-order valence-electron chi connectivity index (χ4n) is 2.68. The second-order valence-corrected chi connectivity index (χ2v) is 7.29. The maximum atomic E-state index is 13.7. The normalized spacial score (nSPS) is 23.2. The van der Waals surface area contributed by atoms with Crippen molar-refractivity contribution in [3.8, 4) is 0 Å². The zero-order chi connectivity index (χ0) is 15.6. The van der Waals surface area contributed by atoms with E-state index < -0.39 is 15.8 Å². The highest BCUT2D eigenvalue weighted by atomic mass is 32.2. The standard InChI is InChI=1S/C14H21FN2O3S/c1-9-12(15)6-11(7-13(9)16)21(19,20)17-14-5-3-2-4-10(14)8-18/h6-7,10,14,17-18H,2-5,8,16H2,1H3. The number of halogens is 1. The summed E-state index contributed by atoms with van der Waals surface area (Å²) in [7, 11) is -3.85. The summed E-state index contributed by atoms with van der Waals surface area (Å²) in [5.74, 6) is -0.737. The number of sulfonamides is 1. The van der Waals surface area contributed by atoms with Crippen LogP contribution in [0.4, 0.5) is 10.1 Å². The van der Waals surface area contributed by atoms with Gasteiger partial charge < -0.3 is 10.8 Å². The van der Waals surface area contributed by atoms with E-state index in [1.807, 2.05) is 0 Å². The lowest BCUT2D eigenvalue weighted by molar-refractivity contribution is 0.164. The molecule has 4 N–H and O–H groups in total. The van der Waals surface area contributed by atoms with Gasteiger partial charge in [-0.1, -0.05) is 12.8 Å². The highest BCUT2D eigenvalue weighted by molar-refractivity contribution is 7.89. The van der Waals surface area contributed by atoms with E-state index >= 15 is 0 Å². The van der Waals surface area contributed by atoms with E-state index in [0.717, 1.165) is 25.3 Å². The molecule has 0 aliphatic heterocycles. The van der Waals surface area contributed by atoms with Gasteiger partial charge in [-0.25, -0.2) is 17.5 Å². The number of benzene rings is 1. The molecule has 5 nitrogen and oxygen atoms in total. The van der Waals surface area contributed by atoms with Crippen LogP contribution in [0.5, 0.6) is 0 Å². The van der Waals surface area contributed by atoms with Crippen molar-refractivity contribution in [1.82, 2.24) is 4.72 Å². The first-order valence-corrected chi connectivity index (χ1v) is 8.52. The summed E-state index contributed by atoms with van der Waals surface area (Å²) in [5.41, 5.74) is 5.98. The molecular weight excluding hydrogens is 295 g/mol. The molecule has 1 fully saturated rings. The molecule has 2 unspecified atom stereocenters. The maximum absolute atomic E-state index is 13.7. The molecule has 1 saturated carbocycles. The molecule has 0 bridgehead atoms. The van der Waals surface area contributed by atoms with Crippen LogP contribution in [0.3, 0.4) is 0 Å². The number of aliphatic hydroxyl groups is 1. The predicted octanol–water partition coefficient (Wildman–Crippen LogP) is 1.55. The third kappa shape index (κ3) is 3.53. The van der Waals surface area contributed by atoms with E-state index in [-0.39, 0.29) is 34.7 Å². The Labute approximate surface area is 124 Å². The summed E-state index contributed by atoms with van der Waals surface area (Å²) in [6.07, 6.45) is 3.35. The zero-order valence-corrected chi connectivity index (χ0v) is 12.8. The monoisotopic (exact) mass is 316 g/mol. The van der Waals surface area contributed by atoms with E-state index in [4.69, 9.17) is 5.73 Å². The van der Waals surface area contributed by atoms with E-state index in [1.54, 1.807) is 0 Å². The Hall–Kier alpha value is -1.18. The Morgan fingerprint density at radius 2 is 2.05 bits per heavy atom. The molecule has 21 heavy (non-hydrogen) atoms. The van der Waals surface area contributed by atoms with Crippen LogP contribution >= 0.6 is 0 Å². The minimum atomic E-state index is -3.85. The van der Waals surface area contributed by atoms with Crippen molar-refractivity contribution in [2.24, 2.45) is 5.92 Å². The summed E-state index contributed by atoms with van der Waals surface area (Å²) in [6, 6.07) is 1.92. The van der Waals surface area contributed by atoms with Crippen LogP contribution in [0, 0.1) is 18.7 Å². The van der Waals surface area contributed by atoms with Crippen LogP contribution in [0.1, 0.15) is 31.2 Å². The van der Waals surface area contributed by atoms with Crippen LogP contribution in [0.2, 0.25) is 0 Å². The number of rotatable bonds is 4. The Morgan fingerprint density at radius 3 is 2.67 bits per heavy atom. The molecule has 2 rings (SSSR count). The number of aliphatic hydroxyl groups excluding tert-OH is 1. The Morgan fingerprint density at radius 1 is 1.38 bits per heavy atom. The van der Waals surface area contributed by atoms with Gasteiger partial charge in [-0.15, -0.1) is 0 Å². The van der Waals surface area contributed by atoms with Gasteiger partial charge in [0.1, 0.15) is 5.82 Å². The summed E-state index contributed by atoms with van der Waals surface area (Å²) in [6.45, 7) is 1.44. The zero-order valence-electron chi connectivity index (χ0n) is 12.0. The highest BCUT2D eigenvalue weighted by Gasteiger charge is 2.29. The third-order valence-electron chi connectivity index (χ3n) is 4.12. The first-order chi connectivity index (χ1) is 9.85. The van der Waals surface area contributed by atoms with Crippen molar-refractivity contribution in [3.05, 3.63) is 23.5 Å². The Kier molecular flexibility index (Phi) is 4.85. The van der Waals surface area contributed by atoms with E-state index in [0.29, 0.717) is 6.42 Å². The molecule has 7 heteroatoms. The average Bonchev–Trinajstić information content (AvgIpc) is 2.44. The molecule has 0 spiro atoms. The largest absolute Gasteiger partial charge is 0.398 e. The third-order valence-corrected chi connectivity index (χ3v) is 5.59. The number of hydrogen-bond acceptors (Lipinski definition) is 4. The van der Waals surface area contributed by atoms with Crippen LogP contribution in [-0.4, -0.2) is 26.2 Å². The van der Waals surface area contributed by atoms with E-state index in [9.17, 15) is 17.9 Å². The van der Waals surface area contributed by atoms with Crippen LogP contribution in [0.15, 0.2) is 17.0 Å². The number of nitrogen functional groups attached to an aromatic ring is 1. The molecule has 1 aromatic rings. The SMILES string of the molecule is Cc1c(N)cc(S(=O)(=O)NC2CCCCC2CO)cc1F. The summed E-state index contributed by atoms with van der Waals surface area (Å²) >= 11 is 0. The quantitative estimate of drug-likeness (QED) is 0.735. The molecule has 1 aromatic carbocycles. The molecule has 2 atom stereocenters. The van der Waals surface area contributed by atoms with Crippen molar-refractivity contribution in [2.45, 2.75) is 43.5 Å². The topological polar surface area (TPSA) is 92.4 Å². The lowest BCUT2D eigenvalue weighted by Crippen LogP contribution is -2.43. The number of nitrogens with one attached hydrogen (secondary N) is 1. The first kappa shape index (κ1) is 16.2. The fraction of sp³-hybridized carbons (Fsp3) is 0.571.